The van der Waals surface area contributed by atoms with Gasteiger partial charge in [0.2, 0.25) is 11.9 Å². The first-order chi connectivity index (χ1) is 15.7. The van der Waals surface area contributed by atoms with E-state index in [1.807, 2.05) is 53.4 Å². The molecule has 0 radical (unpaired) electrons. The highest BCUT2D eigenvalue weighted by Gasteiger charge is 2.33. The van der Waals surface area contributed by atoms with Crippen molar-refractivity contribution in [1.29, 1.82) is 0 Å². The van der Waals surface area contributed by atoms with E-state index in [1.165, 1.54) is 0 Å². The predicted octanol–water partition coefficient (Wildman–Crippen LogP) is 3.43. The number of hydrogen-bond donors (Lipinski definition) is 0. The topological polar surface area (TPSA) is 66.6 Å². The molecule has 3 heterocycles. The Bertz CT molecular complexity index is 1300. The van der Waals surface area contributed by atoms with Crippen molar-refractivity contribution >= 4 is 28.4 Å². The molecule has 1 atom stereocenters. The standard InChI is InChI=1S/C25H26N6O/c1-17-16-29(13-14-30(17)22(32)15-18-7-3-2-4-8-18)25-26-21-10-6-5-9-20(21)24-28-27-23(31(24)25)19-11-12-19/h2-10,17,19H,11-16H2,1H3. The maximum absolute atomic E-state index is 13.0. The van der Waals surface area contributed by atoms with E-state index < -0.39 is 0 Å². The zero-order valence-corrected chi connectivity index (χ0v) is 18.2. The van der Waals surface area contributed by atoms with E-state index in [4.69, 9.17) is 4.98 Å². The van der Waals surface area contributed by atoms with Gasteiger partial charge in [0, 0.05) is 37.0 Å². The van der Waals surface area contributed by atoms with Crippen LogP contribution in [-0.2, 0) is 11.2 Å². The summed E-state index contributed by atoms with van der Waals surface area (Å²) in [5.41, 5.74) is 2.87. The van der Waals surface area contributed by atoms with Gasteiger partial charge >= 0.3 is 0 Å². The molecular weight excluding hydrogens is 400 g/mol. The normalized spacial score (nSPS) is 19.1. The minimum atomic E-state index is 0.101. The van der Waals surface area contributed by atoms with Crippen LogP contribution < -0.4 is 4.90 Å². The smallest absolute Gasteiger partial charge is 0.227 e. The van der Waals surface area contributed by atoms with E-state index in [-0.39, 0.29) is 11.9 Å². The summed E-state index contributed by atoms with van der Waals surface area (Å²) in [6, 6.07) is 18.2. The van der Waals surface area contributed by atoms with E-state index in [9.17, 15) is 4.79 Å². The summed E-state index contributed by atoms with van der Waals surface area (Å²) in [5, 5.41) is 10.1. The van der Waals surface area contributed by atoms with Crippen molar-refractivity contribution in [3.8, 4) is 0 Å². The quantitative estimate of drug-likeness (QED) is 0.500. The number of carbonyl (C=O) groups excluding carboxylic acids is 1. The second kappa shape index (κ2) is 7.58. The summed E-state index contributed by atoms with van der Waals surface area (Å²) >= 11 is 0. The van der Waals surface area contributed by atoms with Gasteiger partial charge in [-0.2, -0.15) is 0 Å². The minimum Gasteiger partial charge on any atom is -0.338 e. The first kappa shape index (κ1) is 19.2. The fraction of sp³-hybridized carbons (Fsp3) is 0.360. The number of para-hydroxylation sites is 1. The van der Waals surface area contributed by atoms with Crippen molar-refractivity contribution in [3.05, 3.63) is 66.0 Å². The number of piperazine rings is 1. The van der Waals surface area contributed by atoms with E-state index in [0.29, 0.717) is 18.9 Å². The Balaban J connectivity index is 1.31. The number of rotatable bonds is 4. The number of anilines is 1. The maximum atomic E-state index is 13.0. The largest absolute Gasteiger partial charge is 0.338 e. The van der Waals surface area contributed by atoms with E-state index in [0.717, 1.165) is 59.8 Å². The molecule has 2 aromatic heterocycles. The Kier molecular flexibility index (Phi) is 4.56. The summed E-state index contributed by atoms with van der Waals surface area (Å²) < 4.78 is 2.16. The Hall–Kier alpha value is -3.48. The van der Waals surface area contributed by atoms with Gasteiger partial charge in [-0.25, -0.2) is 9.38 Å². The molecule has 4 aromatic rings. The average molecular weight is 427 g/mol. The SMILES string of the molecule is CC1CN(c2nc3ccccc3c3nnc(C4CC4)n23)CCN1C(=O)Cc1ccccc1. The second-order valence-corrected chi connectivity index (χ2v) is 8.96. The molecule has 2 fully saturated rings. The lowest BCUT2D eigenvalue weighted by Gasteiger charge is -2.40. The van der Waals surface area contributed by atoms with Crippen LogP contribution in [0.1, 0.15) is 37.1 Å². The van der Waals surface area contributed by atoms with Crippen LogP contribution in [0.2, 0.25) is 0 Å². The van der Waals surface area contributed by atoms with Crippen LogP contribution in [-0.4, -0.2) is 56.1 Å². The molecule has 0 N–H and O–H groups in total. The van der Waals surface area contributed by atoms with Gasteiger partial charge in [-0.1, -0.05) is 42.5 Å². The van der Waals surface area contributed by atoms with Crippen molar-refractivity contribution < 1.29 is 4.79 Å². The molecule has 2 aromatic carbocycles. The highest BCUT2D eigenvalue weighted by molar-refractivity contribution is 5.92. The molecule has 1 unspecified atom stereocenters. The van der Waals surface area contributed by atoms with Crippen LogP contribution >= 0.6 is 0 Å². The Morgan fingerprint density at radius 1 is 1.00 bits per heavy atom. The molecule has 7 nitrogen and oxygen atoms in total. The lowest BCUT2D eigenvalue weighted by Crippen LogP contribution is -2.55. The summed E-state index contributed by atoms with van der Waals surface area (Å²) in [4.78, 5) is 22.3. The Labute approximate surface area is 186 Å². The number of aromatic nitrogens is 4. The fourth-order valence-corrected chi connectivity index (χ4v) is 4.79. The molecule has 162 valence electrons. The van der Waals surface area contributed by atoms with Gasteiger partial charge < -0.3 is 9.80 Å². The Morgan fingerprint density at radius 3 is 2.56 bits per heavy atom. The first-order valence-corrected chi connectivity index (χ1v) is 11.4. The third-order valence-corrected chi connectivity index (χ3v) is 6.62. The van der Waals surface area contributed by atoms with Crippen molar-refractivity contribution in [2.24, 2.45) is 0 Å². The van der Waals surface area contributed by atoms with E-state index in [1.54, 1.807) is 0 Å². The van der Waals surface area contributed by atoms with Crippen LogP contribution in [0.4, 0.5) is 5.95 Å². The third-order valence-electron chi connectivity index (χ3n) is 6.62. The van der Waals surface area contributed by atoms with Gasteiger partial charge in [0.25, 0.3) is 0 Å². The minimum absolute atomic E-state index is 0.101. The second-order valence-electron chi connectivity index (χ2n) is 8.96. The molecule has 1 aliphatic carbocycles. The molecule has 1 amide bonds. The average Bonchev–Trinajstić information content (AvgIpc) is 3.57. The van der Waals surface area contributed by atoms with Crippen molar-refractivity contribution in [2.45, 2.75) is 38.1 Å². The number of hydrogen-bond acceptors (Lipinski definition) is 5. The van der Waals surface area contributed by atoms with Crippen LogP contribution in [0, 0.1) is 0 Å². The van der Waals surface area contributed by atoms with Crippen molar-refractivity contribution in [1.82, 2.24) is 24.5 Å². The summed E-state index contributed by atoms with van der Waals surface area (Å²) in [6.45, 7) is 4.29. The van der Waals surface area contributed by atoms with Gasteiger partial charge in [-0.3, -0.25) is 4.79 Å². The number of benzene rings is 2. The highest BCUT2D eigenvalue weighted by Crippen LogP contribution is 2.40. The predicted molar refractivity (Wildman–Crippen MR) is 124 cm³/mol. The molecular formula is C25H26N6O. The van der Waals surface area contributed by atoms with Gasteiger partial charge in [0.1, 0.15) is 5.82 Å². The lowest BCUT2D eigenvalue weighted by molar-refractivity contribution is -0.132. The lowest BCUT2D eigenvalue weighted by atomic mass is 10.1. The fourth-order valence-electron chi connectivity index (χ4n) is 4.79. The zero-order chi connectivity index (χ0) is 21.7. The molecule has 2 aliphatic rings. The van der Waals surface area contributed by atoms with Crippen LogP contribution in [0.25, 0.3) is 16.6 Å². The van der Waals surface area contributed by atoms with E-state index in [2.05, 4.69) is 32.5 Å². The molecule has 1 aliphatic heterocycles. The Morgan fingerprint density at radius 2 is 1.78 bits per heavy atom. The van der Waals surface area contributed by atoms with E-state index >= 15 is 0 Å². The van der Waals surface area contributed by atoms with Gasteiger partial charge in [-0.05, 0) is 37.5 Å². The number of amides is 1. The molecule has 1 saturated carbocycles. The number of fused-ring (bicyclic) bond motifs is 3. The summed E-state index contributed by atoms with van der Waals surface area (Å²) in [6.07, 6.45) is 2.76. The first-order valence-electron chi connectivity index (χ1n) is 11.4. The number of nitrogens with zero attached hydrogens (tertiary/aromatic N) is 6. The molecule has 32 heavy (non-hydrogen) atoms. The van der Waals surface area contributed by atoms with Gasteiger partial charge in [0.05, 0.1) is 11.9 Å². The summed E-state index contributed by atoms with van der Waals surface area (Å²) in [7, 11) is 0. The highest BCUT2D eigenvalue weighted by atomic mass is 16.2. The van der Waals surface area contributed by atoms with Gasteiger partial charge in [-0.15, -0.1) is 10.2 Å². The maximum Gasteiger partial charge on any atom is 0.227 e. The monoisotopic (exact) mass is 426 g/mol. The molecule has 7 heteroatoms. The summed E-state index contributed by atoms with van der Waals surface area (Å²) in [5.74, 6) is 2.57. The van der Waals surface area contributed by atoms with Gasteiger partial charge in [0.15, 0.2) is 5.65 Å². The van der Waals surface area contributed by atoms with Crippen molar-refractivity contribution in [3.63, 3.8) is 0 Å². The molecule has 0 bridgehead atoms. The van der Waals surface area contributed by atoms with Crippen LogP contribution in [0.5, 0.6) is 0 Å². The third kappa shape index (κ3) is 3.28. The van der Waals surface area contributed by atoms with Crippen molar-refractivity contribution in [2.75, 3.05) is 24.5 Å². The molecule has 6 rings (SSSR count). The number of carbonyl (C=O) groups is 1. The molecule has 0 spiro atoms. The van der Waals surface area contributed by atoms with Crippen LogP contribution in [0.15, 0.2) is 54.6 Å². The zero-order valence-electron chi connectivity index (χ0n) is 18.2. The van der Waals surface area contributed by atoms with Crippen LogP contribution in [0.3, 0.4) is 0 Å². The molecule has 1 saturated heterocycles.